The number of hydrogen-bond donors (Lipinski definition) is 3. The first kappa shape index (κ1) is 29.4. The Morgan fingerprint density at radius 2 is 1.65 bits per heavy atom. The molecule has 2 rings (SSSR count). The van der Waals surface area contributed by atoms with Crippen molar-refractivity contribution < 1.29 is 24.2 Å². The van der Waals surface area contributed by atoms with Gasteiger partial charge in [-0.15, -0.1) is 6.42 Å². The lowest BCUT2D eigenvalue weighted by Gasteiger charge is -2.34. The first-order valence-electron chi connectivity index (χ1n) is 12.3. The van der Waals surface area contributed by atoms with Gasteiger partial charge in [0.1, 0.15) is 17.7 Å². The molecule has 8 heteroatoms. The minimum absolute atomic E-state index is 0.132. The van der Waals surface area contributed by atoms with Crippen LogP contribution < -0.4 is 10.6 Å². The average molecular weight is 508 g/mol. The topological polar surface area (TPSA) is 108 Å². The van der Waals surface area contributed by atoms with Crippen LogP contribution in [0.2, 0.25) is 0 Å². The Bertz CT molecular complexity index is 1090. The molecule has 37 heavy (non-hydrogen) atoms. The second-order valence-electron chi connectivity index (χ2n) is 9.98. The SMILES string of the molecule is C#Cc1ccc(C(C(=O)NC(C)C)N(CCO)C(=O)C(Cc2ccccc2)NC(=O)OC(C)(C)C)cc1. The van der Waals surface area contributed by atoms with Crippen LogP contribution >= 0.6 is 0 Å². The van der Waals surface area contributed by atoms with Crippen molar-refractivity contribution in [1.29, 1.82) is 0 Å². The molecule has 0 aromatic heterocycles. The van der Waals surface area contributed by atoms with Crippen molar-refractivity contribution in [1.82, 2.24) is 15.5 Å². The highest BCUT2D eigenvalue weighted by atomic mass is 16.6. The van der Waals surface area contributed by atoms with Crippen LogP contribution in [-0.4, -0.2) is 58.8 Å². The summed E-state index contributed by atoms with van der Waals surface area (Å²) in [6.45, 7) is 8.30. The van der Waals surface area contributed by atoms with Crippen LogP contribution in [0, 0.1) is 12.3 Å². The Hall–Kier alpha value is -3.83. The highest BCUT2D eigenvalue weighted by Crippen LogP contribution is 2.24. The van der Waals surface area contributed by atoms with E-state index < -0.39 is 35.6 Å². The van der Waals surface area contributed by atoms with E-state index in [2.05, 4.69) is 16.6 Å². The third-order valence-electron chi connectivity index (χ3n) is 5.28. The number of aliphatic hydroxyl groups excluding tert-OH is 1. The van der Waals surface area contributed by atoms with E-state index in [-0.39, 0.29) is 25.6 Å². The van der Waals surface area contributed by atoms with Gasteiger partial charge in [0.25, 0.3) is 0 Å². The van der Waals surface area contributed by atoms with Crippen molar-refractivity contribution in [3.05, 3.63) is 71.3 Å². The van der Waals surface area contributed by atoms with E-state index in [0.717, 1.165) is 5.56 Å². The van der Waals surface area contributed by atoms with Crippen molar-refractivity contribution in [2.45, 2.75) is 64.8 Å². The molecule has 3 N–H and O–H groups in total. The van der Waals surface area contributed by atoms with Crippen LogP contribution in [0.1, 0.15) is 57.4 Å². The number of rotatable bonds is 10. The van der Waals surface area contributed by atoms with Gasteiger partial charge in [0, 0.05) is 24.6 Å². The molecule has 0 spiro atoms. The zero-order chi connectivity index (χ0) is 27.6. The third-order valence-corrected chi connectivity index (χ3v) is 5.28. The lowest BCUT2D eigenvalue weighted by atomic mass is 9.99. The minimum Gasteiger partial charge on any atom is -0.444 e. The van der Waals surface area contributed by atoms with E-state index in [1.807, 2.05) is 44.2 Å². The fourth-order valence-electron chi connectivity index (χ4n) is 3.77. The molecule has 0 fully saturated rings. The molecule has 0 saturated carbocycles. The summed E-state index contributed by atoms with van der Waals surface area (Å²) in [6.07, 6.45) is 4.89. The number of terminal acetylenes is 1. The van der Waals surface area contributed by atoms with Gasteiger partial charge in [0.2, 0.25) is 11.8 Å². The molecule has 8 nitrogen and oxygen atoms in total. The number of nitrogens with one attached hydrogen (secondary N) is 2. The number of carbonyl (C=O) groups is 3. The van der Waals surface area contributed by atoms with Gasteiger partial charge in [-0.2, -0.15) is 0 Å². The Morgan fingerprint density at radius 1 is 1.03 bits per heavy atom. The van der Waals surface area contributed by atoms with Crippen LogP contribution in [-0.2, 0) is 20.7 Å². The summed E-state index contributed by atoms with van der Waals surface area (Å²) in [5, 5.41) is 15.4. The Kier molecular flexibility index (Phi) is 10.7. The number of carbonyl (C=O) groups excluding carboxylic acids is 3. The van der Waals surface area contributed by atoms with E-state index in [1.165, 1.54) is 4.90 Å². The Balaban J connectivity index is 2.51. The summed E-state index contributed by atoms with van der Waals surface area (Å²) in [5.74, 6) is 1.59. The fraction of sp³-hybridized carbons (Fsp3) is 0.414. The van der Waals surface area contributed by atoms with Crippen LogP contribution in [0.5, 0.6) is 0 Å². The number of amides is 3. The molecular weight excluding hydrogens is 470 g/mol. The molecule has 0 bridgehead atoms. The molecule has 0 aliphatic heterocycles. The molecule has 2 aromatic carbocycles. The van der Waals surface area contributed by atoms with Crippen molar-refractivity contribution in [3.8, 4) is 12.3 Å². The Labute approximate surface area is 219 Å². The van der Waals surface area contributed by atoms with Gasteiger partial charge >= 0.3 is 6.09 Å². The van der Waals surface area contributed by atoms with Gasteiger partial charge in [-0.3, -0.25) is 9.59 Å². The first-order valence-corrected chi connectivity index (χ1v) is 12.3. The molecule has 2 atom stereocenters. The number of aliphatic hydroxyl groups is 1. The summed E-state index contributed by atoms with van der Waals surface area (Å²) in [4.78, 5) is 41.3. The van der Waals surface area contributed by atoms with Crippen molar-refractivity contribution in [2.75, 3.05) is 13.2 Å². The summed E-state index contributed by atoms with van der Waals surface area (Å²) in [5.41, 5.74) is 1.19. The summed E-state index contributed by atoms with van der Waals surface area (Å²) < 4.78 is 5.40. The van der Waals surface area contributed by atoms with E-state index in [0.29, 0.717) is 11.1 Å². The lowest BCUT2D eigenvalue weighted by Crippen LogP contribution is -2.54. The highest BCUT2D eigenvalue weighted by Gasteiger charge is 2.36. The molecule has 0 aliphatic rings. The van der Waals surface area contributed by atoms with E-state index in [4.69, 9.17) is 11.2 Å². The van der Waals surface area contributed by atoms with E-state index >= 15 is 0 Å². The smallest absolute Gasteiger partial charge is 0.408 e. The molecule has 0 aliphatic carbocycles. The number of nitrogens with zero attached hydrogens (tertiary/aromatic N) is 1. The standard InChI is InChI=1S/C29H37N3O5/c1-7-21-13-15-23(16-14-21)25(26(34)30-20(2)3)32(17-18-33)27(35)24(19-22-11-9-8-10-12-22)31-28(36)37-29(4,5)6/h1,8-16,20,24-25,33H,17-19H2,2-6H3,(H,30,34)(H,31,36). The number of hydrogen-bond acceptors (Lipinski definition) is 5. The first-order chi connectivity index (χ1) is 17.4. The Morgan fingerprint density at radius 3 is 2.16 bits per heavy atom. The summed E-state index contributed by atoms with van der Waals surface area (Å²) in [6, 6.07) is 13.6. The molecule has 0 radical (unpaired) electrons. The lowest BCUT2D eigenvalue weighted by molar-refractivity contribution is -0.143. The largest absolute Gasteiger partial charge is 0.444 e. The maximum atomic E-state index is 14.0. The number of alkyl carbamates (subject to hydrolysis) is 1. The van der Waals surface area contributed by atoms with Crippen LogP contribution in [0.25, 0.3) is 0 Å². The predicted octanol–water partition coefficient (Wildman–Crippen LogP) is 3.19. The molecule has 0 heterocycles. The second kappa shape index (κ2) is 13.5. The van der Waals surface area contributed by atoms with Crippen LogP contribution in [0.15, 0.2) is 54.6 Å². The summed E-state index contributed by atoms with van der Waals surface area (Å²) >= 11 is 0. The van der Waals surface area contributed by atoms with Gasteiger partial charge < -0.3 is 25.4 Å². The molecule has 0 saturated heterocycles. The average Bonchev–Trinajstić information content (AvgIpc) is 2.82. The van der Waals surface area contributed by atoms with Gasteiger partial charge in [-0.1, -0.05) is 48.4 Å². The van der Waals surface area contributed by atoms with E-state index in [9.17, 15) is 19.5 Å². The van der Waals surface area contributed by atoms with Gasteiger partial charge in [-0.05, 0) is 57.9 Å². The fourth-order valence-corrected chi connectivity index (χ4v) is 3.77. The van der Waals surface area contributed by atoms with Gasteiger partial charge in [0.15, 0.2) is 0 Å². The molecule has 2 aromatic rings. The number of benzene rings is 2. The van der Waals surface area contributed by atoms with Crippen molar-refractivity contribution >= 4 is 17.9 Å². The zero-order valence-electron chi connectivity index (χ0n) is 22.2. The third kappa shape index (κ3) is 9.28. The molecule has 198 valence electrons. The second-order valence-corrected chi connectivity index (χ2v) is 9.98. The molecule has 2 unspecified atom stereocenters. The predicted molar refractivity (Wildman–Crippen MR) is 142 cm³/mol. The minimum atomic E-state index is -1.06. The van der Waals surface area contributed by atoms with Gasteiger partial charge in [0.05, 0.1) is 6.61 Å². The normalized spacial score (nSPS) is 12.7. The van der Waals surface area contributed by atoms with Crippen LogP contribution in [0.4, 0.5) is 4.79 Å². The summed E-state index contributed by atoms with van der Waals surface area (Å²) in [7, 11) is 0. The zero-order valence-corrected chi connectivity index (χ0v) is 22.2. The quantitative estimate of drug-likeness (QED) is 0.428. The molecular formula is C29H37N3O5. The van der Waals surface area contributed by atoms with E-state index in [1.54, 1.807) is 45.0 Å². The monoisotopic (exact) mass is 507 g/mol. The highest BCUT2D eigenvalue weighted by molar-refractivity contribution is 5.92. The van der Waals surface area contributed by atoms with Gasteiger partial charge in [-0.25, -0.2) is 4.79 Å². The van der Waals surface area contributed by atoms with Crippen molar-refractivity contribution in [2.24, 2.45) is 0 Å². The maximum absolute atomic E-state index is 14.0. The van der Waals surface area contributed by atoms with Crippen LogP contribution in [0.3, 0.4) is 0 Å². The molecule has 3 amide bonds. The number of ether oxygens (including phenoxy) is 1. The maximum Gasteiger partial charge on any atom is 0.408 e. The van der Waals surface area contributed by atoms with Crippen molar-refractivity contribution in [3.63, 3.8) is 0 Å².